The third-order valence-electron chi connectivity index (χ3n) is 5.33. The van der Waals surface area contributed by atoms with Gasteiger partial charge in [-0.2, -0.15) is 0 Å². The molecule has 0 radical (unpaired) electrons. The van der Waals surface area contributed by atoms with Crippen LogP contribution in [0.5, 0.6) is 0 Å². The Balaban J connectivity index is 1.87. The highest BCUT2D eigenvalue weighted by atomic mass is 35.5. The summed E-state index contributed by atoms with van der Waals surface area (Å²) < 4.78 is 14.7. The standard InChI is InChI=1S/C22H26ClFN4O2/c1-2-26-8-10-27(11-9-26)22(30)28(19-5-3-4-18(23)13-19)15-17-7-6-16(12-20(17)24)21(29)14-25/h3-7,12-13H,2,8-11,14-15,25H2,1H3. The molecule has 0 saturated carbocycles. The lowest BCUT2D eigenvalue weighted by atomic mass is 10.1. The number of rotatable bonds is 6. The summed E-state index contributed by atoms with van der Waals surface area (Å²) in [5.41, 5.74) is 6.48. The summed E-state index contributed by atoms with van der Waals surface area (Å²) in [5, 5.41) is 0.491. The van der Waals surface area contributed by atoms with E-state index in [-0.39, 0.29) is 30.5 Å². The number of urea groups is 1. The number of carbonyl (C=O) groups is 2. The second kappa shape index (κ2) is 10.0. The summed E-state index contributed by atoms with van der Waals surface area (Å²) in [6.45, 7) is 5.69. The topological polar surface area (TPSA) is 69.9 Å². The third kappa shape index (κ3) is 5.16. The van der Waals surface area contributed by atoms with E-state index in [0.717, 1.165) is 19.6 Å². The van der Waals surface area contributed by atoms with Crippen LogP contribution in [0.15, 0.2) is 42.5 Å². The Morgan fingerprint density at radius 2 is 1.87 bits per heavy atom. The molecular weight excluding hydrogens is 407 g/mol. The van der Waals surface area contributed by atoms with E-state index in [4.69, 9.17) is 17.3 Å². The molecule has 0 aromatic heterocycles. The van der Waals surface area contributed by atoms with Gasteiger partial charge in [0, 0.05) is 48.0 Å². The molecule has 1 aliphatic heterocycles. The molecule has 160 valence electrons. The van der Waals surface area contributed by atoms with Crippen LogP contribution < -0.4 is 10.6 Å². The molecule has 0 aliphatic carbocycles. The van der Waals surface area contributed by atoms with Crippen molar-refractivity contribution in [1.29, 1.82) is 0 Å². The molecule has 1 saturated heterocycles. The lowest BCUT2D eigenvalue weighted by Gasteiger charge is -2.37. The predicted octanol–water partition coefficient (Wildman–Crippen LogP) is 3.38. The SMILES string of the molecule is CCN1CCN(C(=O)N(Cc2ccc(C(=O)CN)cc2F)c2cccc(Cl)c2)CC1. The highest BCUT2D eigenvalue weighted by Gasteiger charge is 2.27. The van der Waals surface area contributed by atoms with Crippen LogP contribution in [-0.4, -0.2) is 60.9 Å². The summed E-state index contributed by atoms with van der Waals surface area (Å²) >= 11 is 6.14. The first-order valence-electron chi connectivity index (χ1n) is 9.99. The first kappa shape index (κ1) is 22.2. The van der Waals surface area contributed by atoms with Gasteiger partial charge in [0.2, 0.25) is 0 Å². The maximum atomic E-state index is 14.7. The molecule has 2 amide bonds. The van der Waals surface area contributed by atoms with Gasteiger partial charge in [-0.3, -0.25) is 9.69 Å². The number of ketones is 1. The fourth-order valence-electron chi connectivity index (χ4n) is 3.48. The first-order chi connectivity index (χ1) is 14.4. The van der Waals surface area contributed by atoms with E-state index in [1.165, 1.54) is 23.1 Å². The van der Waals surface area contributed by atoms with Crippen molar-refractivity contribution in [3.63, 3.8) is 0 Å². The lowest BCUT2D eigenvalue weighted by Crippen LogP contribution is -2.52. The molecule has 2 aromatic carbocycles. The zero-order chi connectivity index (χ0) is 21.7. The lowest BCUT2D eigenvalue weighted by molar-refractivity contribution is 0.100. The van der Waals surface area contributed by atoms with E-state index in [9.17, 15) is 14.0 Å². The quantitative estimate of drug-likeness (QED) is 0.710. The van der Waals surface area contributed by atoms with Gasteiger partial charge in [0.15, 0.2) is 5.78 Å². The number of hydrogen-bond acceptors (Lipinski definition) is 4. The summed E-state index contributed by atoms with van der Waals surface area (Å²) in [7, 11) is 0. The van der Waals surface area contributed by atoms with Crippen LogP contribution in [0.1, 0.15) is 22.8 Å². The maximum Gasteiger partial charge on any atom is 0.324 e. The number of nitrogens with two attached hydrogens (primary N) is 1. The second-order valence-electron chi connectivity index (χ2n) is 7.20. The van der Waals surface area contributed by atoms with Crippen molar-refractivity contribution in [3.05, 3.63) is 64.4 Å². The van der Waals surface area contributed by atoms with Crippen molar-refractivity contribution in [2.75, 3.05) is 44.2 Å². The van der Waals surface area contributed by atoms with E-state index in [1.54, 1.807) is 29.2 Å². The van der Waals surface area contributed by atoms with Crippen molar-refractivity contribution in [2.24, 2.45) is 5.73 Å². The minimum absolute atomic E-state index is 0.0239. The minimum Gasteiger partial charge on any atom is -0.324 e. The number of nitrogens with zero attached hydrogens (tertiary/aromatic N) is 3. The molecule has 2 aromatic rings. The average Bonchev–Trinajstić information content (AvgIpc) is 2.77. The van der Waals surface area contributed by atoms with Gasteiger partial charge in [-0.05, 0) is 30.8 Å². The zero-order valence-electron chi connectivity index (χ0n) is 17.0. The molecular formula is C22H26ClFN4O2. The Kier molecular flexibility index (Phi) is 7.42. The normalized spacial score (nSPS) is 14.6. The van der Waals surface area contributed by atoms with Crippen molar-refractivity contribution in [1.82, 2.24) is 9.80 Å². The van der Waals surface area contributed by atoms with E-state index >= 15 is 0 Å². The van der Waals surface area contributed by atoms with Gasteiger partial charge >= 0.3 is 6.03 Å². The van der Waals surface area contributed by atoms with Crippen LogP contribution >= 0.6 is 11.6 Å². The molecule has 0 atom stereocenters. The zero-order valence-corrected chi connectivity index (χ0v) is 17.7. The van der Waals surface area contributed by atoms with Crippen molar-refractivity contribution in [2.45, 2.75) is 13.5 Å². The van der Waals surface area contributed by atoms with Crippen LogP contribution in [0, 0.1) is 5.82 Å². The number of piperazine rings is 1. The van der Waals surface area contributed by atoms with Gasteiger partial charge in [-0.25, -0.2) is 9.18 Å². The van der Waals surface area contributed by atoms with Gasteiger partial charge in [-0.1, -0.05) is 36.7 Å². The summed E-state index contributed by atoms with van der Waals surface area (Å²) in [4.78, 5) is 30.7. The molecule has 0 unspecified atom stereocenters. The number of likely N-dealkylation sites (N-methyl/N-ethyl adjacent to an activating group) is 1. The Hall–Kier alpha value is -2.48. The van der Waals surface area contributed by atoms with Crippen LogP contribution in [0.25, 0.3) is 0 Å². The van der Waals surface area contributed by atoms with Crippen molar-refractivity contribution in [3.8, 4) is 0 Å². The number of anilines is 1. The van der Waals surface area contributed by atoms with Gasteiger partial charge < -0.3 is 15.5 Å². The Labute approximate surface area is 181 Å². The van der Waals surface area contributed by atoms with Gasteiger partial charge in [0.05, 0.1) is 13.1 Å². The monoisotopic (exact) mass is 432 g/mol. The number of halogens is 2. The fraction of sp³-hybridized carbons (Fsp3) is 0.364. The number of carbonyl (C=O) groups excluding carboxylic acids is 2. The number of Topliss-reactive ketones (excluding diaryl/α,β-unsaturated/α-hetero) is 1. The van der Waals surface area contributed by atoms with E-state index in [0.29, 0.717) is 29.4 Å². The molecule has 1 aliphatic rings. The molecule has 6 nitrogen and oxygen atoms in total. The molecule has 30 heavy (non-hydrogen) atoms. The largest absolute Gasteiger partial charge is 0.324 e. The van der Waals surface area contributed by atoms with E-state index in [1.807, 2.05) is 0 Å². The molecule has 8 heteroatoms. The summed E-state index contributed by atoms with van der Waals surface area (Å²) in [6.07, 6.45) is 0. The molecule has 0 bridgehead atoms. The molecule has 0 spiro atoms. The highest BCUT2D eigenvalue weighted by molar-refractivity contribution is 6.30. The van der Waals surface area contributed by atoms with Crippen molar-refractivity contribution < 1.29 is 14.0 Å². The predicted molar refractivity (Wildman–Crippen MR) is 117 cm³/mol. The summed E-state index contributed by atoms with van der Waals surface area (Å²) in [6, 6.07) is 11.0. The Bertz CT molecular complexity index is 916. The Morgan fingerprint density at radius 1 is 1.13 bits per heavy atom. The van der Waals surface area contributed by atoms with E-state index in [2.05, 4.69) is 11.8 Å². The number of benzene rings is 2. The van der Waals surface area contributed by atoms with Crippen molar-refractivity contribution >= 4 is 29.1 Å². The maximum absolute atomic E-state index is 14.7. The third-order valence-corrected chi connectivity index (χ3v) is 5.56. The molecule has 3 rings (SSSR count). The first-order valence-corrected chi connectivity index (χ1v) is 10.4. The molecule has 1 heterocycles. The average molecular weight is 433 g/mol. The molecule has 2 N–H and O–H groups in total. The fourth-order valence-corrected chi connectivity index (χ4v) is 3.66. The Morgan fingerprint density at radius 3 is 2.47 bits per heavy atom. The smallest absolute Gasteiger partial charge is 0.324 e. The van der Waals surface area contributed by atoms with Crippen LogP contribution in [0.2, 0.25) is 5.02 Å². The minimum atomic E-state index is -0.551. The van der Waals surface area contributed by atoms with Gasteiger partial charge in [0.1, 0.15) is 5.82 Å². The van der Waals surface area contributed by atoms with Crippen LogP contribution in [0.4, 0.5) is 14.9 Å². The van der Waals surface area contributed by atoms with Gasteiger partial charge in [-0.15, -0.1) is 0 Å². The highest BCUT2D eigenvalue weighted by Crippen LogP contribution is 2.24. The number of hydrogen-bond donors (Lipinski definition) is 1. The second-order valence-corrected chi connectivity index (χ2v) is 7.64. The van der Waals surface area contributed by atoms with Crippen LogP contribution in [-0.2, 0) is 6.54 Å². The van der Waals surface area contributed by atoms with Crippen LogP contribution in [0.3, 0.4) is 0 Å². The number of amides is 2. The molecule has 1 fully saturated rings. The summed E-state index contributed by atoms with van der Waals surface area (Å²) in [5.74, 6) is -0.887. The van der Waals surface area contributed by atoms with Gasteiger partial charge in [0.25, 0.3) is 0 Å². The van der Waals surface area contributed by atoms with E-state index < -0.39 is 5.82 Å².